The van der Waals surface area contributed by atoms with Gasteiger partial charge in [0.15, 0.2) is 0 Å². The van der Waals surface area contributed by atoms with E-state index in [2.05, 4.69) is 20.1 Å². The molecular formula is C18H33N3O6. The van der Waals surface area contributed by atoms with Crippen molar-refractivity contribution in [3.05, 3.63) is 0 Å². The summed E-state index contributed by atoms with van der Waals surface area (Å²) in [6.07, 6.45) is 0.460. The molecule has 2 amide bonds. The van der Waals surface area contributed by atoms with Crippen molar-refractivity contribution in [2.24, 2.45) is 17.6 Å². The molecule has 27 heavy (non-hydrogen) atoms. The topological polar surface area (TPSA) is 137 Å². The Hall–Kier alpha value is -2.16. The first-order chi connectivity index (χ1) is 12.5. The third-order valence-corrected chi connectivity index (χ3v) is 3.78. The van der Waals surface area contributed by atoms with Gasteiger partial charge in [0, 0.05) is 0 Å². The zero-order valence-corrected chi connectivity index (χ0v) is 17.0. The number of nitrogens with one attached hydrogen (secondary N) is 2. The van der Waals surface area contributed by atoms with Crippen LogP contribution in [-0.4, -0.2) is 56.1 Å². The highest BCUT2D eigenvalue weighted by Gasteiger charge is 2.28. The third kappa shape index (κ3) is 9.93. The maximum Gasteiger partial charge on any atom is 0.328 e. The number of ether oxygens (including phenoxy) is 2. The largest absolute Gasteiger partial charge is 0.467 e. The van der Waals surface area contributed by atoms with Crippen molar-refractivity contribution in [2.45, 2.75) is 65.1 Å². The van der Waals surface area contributed by atoms with Crippen LogP contribution in [0.25, 0.3) is 0 Å². The summed E-state index contributed by atoms with van der Waals surface area (Å²) in [7, 11) is 2.47. The zero-order chi connectivity index (χ0) is 21.1. The first-order valence-electron chi connectivity index (χ1n) is 9.02. The number of rotatable bonds is 11. The van der Waals surface area contributed by atoms with Crippen LogP contribution in [-0.2, 0) is 28.7 Å². The molecule has 0 saturated heterocycles. The van der Waals surface area contributed by atoms with Gasteiger partial charge in [-0.1, -0.05) is 27.7 Å². The van der Waals surface area contributed by atoms with Gasteiger partial charge in [-0.15, -0.1) is 0 Å². The number of carbonyl (C=O) groups excluding carboxylic acids is 4. The molecular weight excluding hydrogens is 354 g/mol. The number of nitrogens with two attached hydrogens (primary N) is 1. The van der Waals surface area contributed by atoms with E-state index in [-0.39, 0.29) is 18.3 Å². The molecule has 0 aromatic heterocycles. The number of carbonyl (C=O) groups is 4. The maximum absolute atomic E-state index is 12.2. The highest BCUT2D eigenvalue weighted by Crippen LogP contribution is 2.08. The summed E-state index contributed by atoms with van der Waals surface area (Å²) in [6.45, 7) is 7.61. The van der Waals surface area contributed by atoms with E-state index >= 15 is 0 Å². The Kier molecular flexibility index (Phi) is 11.3. The molecule has 3 atom stereocenters. The van der Waals surface area contributed by atoms with Crippen LogP contribution >= 0.6 is 0 Å². The third-order valence-electron chi connectivity index (χ3n) is 3.78. The monoisotopic (exact) mass is 387 g/mol. The molecule has 0 spiro atoms. The molecule has 0 aliphatic rings. The van der Waals surface area contributed by atoms with E-state index < -0.39 is 41.9 Å². The lowest BCUT2D eigenvalue weighted by molar-refractivity contribution is -0.146. The molecule has 156 valence electrons. The SMILES string of the molecule is COC(=O)[C@H](CC(C)C)NC(=O)C[C@H](N)C(=O)N[C@@H](CC(C)C)C(=O)OC. The Morgan fingerprint density at radius 2 is 1.22 bits per heavy atom. The standard InChI is InChI=1S/C18H33N3O6/c1-10(2)7-13(17(24)26-5)20-15(22)9-12(19)16(23)21-14(8-11(3)4)18(25)27-6/h10-14H,7-9,19H2,1-6H3,(H,20,22)(H,21,23)/t12-,13-,14-/m0/s1. The highest BCUT2D eigenvalue weighted by molar-refractivity contribution is 5.92. The van der Waals surface area contributed by atoms with Gasteiger partial charge in [-0.05, 0) is 24.7 Å². The molecule has 0 heterocycles. The fourth-order valence-electron chi connectivity index (χ4n) is 2.48. The average molecular weight is 387 g/mol. The molecule has 9 heteroatoms. The van der Waals surface area contributed by atoms with Crippen molar-refractivity contribution in [1.29, 1.82) is 0 Å². The van der Waals surface area contributed by atoms with Gasteiger partial charge in [-0.2, -0.15) is 0 Å². The van der Waals surface area contributed by atoms with E-state index in [9.17, 15) is 19.2 Å². The minimum atomic E-state index is -1.17. The van der Waals surface area contributed by atoms with E-state index in [1.807, 2.05) is 27.7 Å². The van der Waals surface area contributed by atoms with Crippen LogP contribution in [0.1, 0.15) is 47.0 Å². The predicted molar refractivity (Wildman–Crippen MR) is 99.4 cm³/mol. The Morgan fingerprint density at radius 1 is 0.815 bits per heavy atom. The van der Waals surface area contributed by atoms with Crippen molar-refractivity contribution in [1.82, 2.24) is 10.6 Å². The predicted octanol–water partition coefficient (Wildman–Crippen LogP) is 0.112. The van der Waals surface area contributed by atoms with Crippen LogP contribution in [0.5, 0.6) is 0 Å². The number of amides is 2. The Morgan fingerprint density at radius 3 is 1.59 bits per heavy atom. The smallest absolute Gasteiger partial charge is 0.328 e. The summed E-state index contributed by atoms with van der Waals surface area (Å²) in [6, 6.07) is -2.80. The van der Waals surface area contributed by atoms with Crippen molar-refractivity contribution < 1.29 is 28.7 Å². The molecule has 0 bridgehead atoms. The average Bonchev–Trinajstić information content (AvgIpc) is 2.57. The van der Waals surface area contributed by atoms with Gasteiger partial charge in [0.2, 0.25) is 11.8 Å². The van der Waals surface area contributed by atoms with E-state index in [0.717, 1.165) is 0 Å². The van der Waals surface area contributed by atoms with Crippen LogP contribution in [0.2, 0.25) is 0 Å². The van der Waals surface area contributed by atoms with Gasteiger partial charge >= 0.3 is 11.9 Å². The van der Waals surface area contributed by atoms with E-state index in [0.29, 0.717) is 12.8 Å². The molecule has 9 nitrogen and oxygen atoms in total. The molecule has 4 N–H and O–H groups in total. The minimum absolute atomic E-state index is 0.144. The van der Waals surface area contributed by atoms with E-state index in [4.69, 9.17) is 5.73 Å². The summed E-state index contributed by atoms with van der Waals surface area (Å²) in [5.74, 6) is -2.02. The lowest BCUT2D eigenvalue weighted by Gasteiger charge is -2.21. The van der Waals surface area contributed by atoms with Gasteiger partial charge in [-0.3, -0.25) is 9.59 Å². The Bertz CT molecular complexity index is 521. The number of methoxy groups -OCH3 is 2. The Balaban J connectivity index is 4.80. The molecule has 0 saturated carbocycles. The van der Waals surface area contributed by atoms with Crippen molar-refractivity contribution >= 4 is 23.8 Å². The maximum atomic E-state index is 12.2. The summed E-state index contributed by atoms with van der Waals surface area (Å²) >= 11 is 0. The van der Waals surface area contributed by atoms with Crippen molar-refractivity contribution in [3.63, 3.8) is 0 Å². The summed E-state index contributed by atoms with van der Waals surface area (Å²) < 4.78 is 9.36. The number of hydrogen-bond donors (Lipinski definition) is 3. The van der Waals surface area contributed by atoms with Crippen LogP contribution in [0, 0.1) is 11.8 Å². The second kappa shape index (κ2) is 12.3. The van der Waals surface area contributed by atoms with Crippen LogP contribution in [0.15, 0.2) is 0 Å². The second-order valence-electron chi connectivity index (χ2n) is 7.30. The van der Waals surface area contributed by atoms with Crippen molar-refractivity contribution in [3.8, 4) is 0 Å². The molecule has 0 unspecified atom stereocenters. The van der Waals surface area contributed by atoms with Gasteiger partial charge < -0.3 is 25.8 Å². The van der Waals surface area contributed by atoms with Crippen LogP contribution in [0.4, 0.5) is 0 Å². The number of esters is 2. The van der Waals surface area contributed by atoms with Gasteiger partial charge in [-0.25, -0.2) is 9.59 Å². The minimum Gasteiger partial charge on any atom is -0.467 e. The normalized spacial score (nSPS) is 14.3. The molecule has 0 aromatic rings. The molecule has 0 aliphatic heterocycles. The second-order valence-corrected chi connectivity index (χ2v) is 7.30. The summed E-state index contributed by atoms with van der Waals surface area (Å²) in [5.41, 5.74) is 5.78. The van der Waals surface area contributed by atoms with Gasteiger partial charge in [0.25, 0.3) is 0 Å². The lowest BCUT2D eigenvalue weighted by Crippen LogP contribution is -2.51. The van der Waals surface area contributed by atoms with Gasteiger partial charge in [0.05, 0.1) is 26.7 Å². The quantitative estimate of drug-likeness (QED) is 0.428. The molecule has 0 rings (SSSR count). The van der Waals surface area contributed by atoms with E-state index in [1.165, 1.54) is 14.2 Å². The highest BCUT2D eigenvalue weighted by atomic mass is 16.5. The lowest BCUT2D eigenvalue weighted by atomic mass is 10.0. The molecule has 0 radical (unpaired) electrons. The first kappa shape index (κ1) is 24.8. The summed E-state index contributed by atoms with van der Waals surface area (Å²) in [5, 5.41) is 5.05. The molecule has 0 aliphatic carbocycles. The fourth-order valence-corrected chi connectivity index (χ4v) is 2.48. The van der Waals surface area contributed by atoms with Crippen molar-refractivity contribution in [2.75, 3.05) is 14.2 Å². The van der Waals surface area contributed by atoms with Crippen LogP contribution < -0.4 is 16.4 Å². The Labute approximate surface area is 160 Å². The zero-order valence-electron chi connectivity index (χ0n) is 17.0. The van der Waals surface area contributed by atoms with Crippen LogP contribution in [0.3, 0.4) is 0 Å². The fraction of sp³-hybridized carbons (Fsp3) is 0.778. The molecule has 0 aromatic carbocycles. The first-order valence-corrected chi connectivity index (χ1v) is 9.02. The van der Waals surface area contributed by atoms with Gasteiger partial charge in [0.1, 0.15) is 12.1 Å². The van der Waals surface area contributed by atoms with E-state index in [1.54, 1.807) is 0 Å². The molecule has 0 fully saturated rings. The summed E-state index contributed by atoms with van der Waals surface area (Å²) in [4.78, 5) is 47.9. The number of hydrogen-bond acceptors (Lipinski definition) is 7.